The molecule has 1 atom stereocenters. The molecule has 1 saturated heterocycles. The van der Waals surface area contributed by atoms with Gasteiger partial charge < -0.3 is 19.7 Å². The summed E-state index contributed by atoms with van der Waals surface area (Å²) in [6.07, 6.45) is -0.750. The number of hydrogen-bond donors (Lipinski definition) is 1. The van der Waals surface area contributed by atoms with Crippen LogP contribution in [0.25, 0.3) is 0 Å². The van der Waals surface area contributed by atoms with Crippen molar-refractivity contribution < 1.29 is 22.6 Å². The lowest BCUT2D eigenvalue weighted by molar-refractivity contribution is -0.153. The number of aliphatic imine (C=N–C) groups is 1. The Hall–Kier alpha value is -2.02. The molecule has 1 aliphatic rings. The molecule has 0 radical (unpaired) electrons. The average Bonchev–Trinajstić information content (AvgIpc) is 3.13. The molecule has 1 aromatic heterocycles. The fraction of sp³-hybridized carbons (Fsp3) is 0.474. The van der Waals surface area contributed by atoms with E-state index in [1.54, 1.807) is 30.1 Å². The molecule has 2 heterocycles. The van der Waals surface area contributed by atoms with Crippen LogP contribution < -0.4 is 10.1 Å². The van der Waals surface area contributed by atoms with Crippen molar-refractivity contribution in [1.29, 1.82) is 0 Å². The van der Waals surface area contributed by atoms with Gasteiger partial charge >= 0.3 is 6.18 Å². The van der Waals surface area contributed by atoms with Crippen LogP contribution in [0.15, 0.2) is 41.7 Å². The number of aromatic nitrogens is 2. The predicted molar refractivity (Wildman–Crippen MR) is 117 cm³/mol. The summed E-state index contributed by atoms with van der Waals surface area (Å²) >= 11 is 0. The average molecular weight is 539 g/mol. The van der Waals surface area contributed by atoms with Crippen LogP contribution in [0.1, 0.15) is 17.2 Å². The molecule has 0 amide bonds. The number of hydrogen-bond acceptors (Lipinski definition) is 4. The van der Waals surface area contributed by atoms with Crippen molar-refractivity contribution >= 4 is 29.9 Å². The minimum absolute atomic E-state index is 0. The topological polar surface area (TPSA) is 63.9 Å². The number of guanidine groups is 1. The lowest BCUT2D eigenvalue weighted by Crippen LogP contribution is -2.47. The summed E-state index contributed by atoms with van der Waals surface area (Å²) in [5.41, 5.74) is 1.80. The minimum Gasteiger partial charge on any atom is -0.484 e. The molecule has 2 aromatic rings. The van der Waals surface area contributed by atoms with Crippen LogP contribution in [-0.2, 0) is 18.3 Å². The number of rotatable bonds is 5. The molecule has 11 heteroatoms. The van der Waals surface area contributed by atoms with Gasteiger partial charge in [0.15, 0.2) is 12.6 Å². The van der Waals surface area contributed by atoms with Gasteiger partial charge in [0, 0.05) is 38.9 Å². The monoisotopic (exact) mass is 539 g/mol. The highest BCUT2D eigenvalue weighted by Crippen LogP contribution is 2.22. The van der Waals surface area contributed by atoms with E-state index in [1.165, 1.54) is 6.07 Å². The molecule has 30 heavy (non-hydrogen) atoms. The molecule has 1 aliphatic heterocycles. The summed E-state index contributed by atoms with van der Waals surface area (Å²) in [6, 6.07) is 6.57. The van der Waals surface area contributed by atoms with Gasteiger partial charge in [0.1, 0.15) is 11.9 Å². The zero-order valence-corrected chi connectivity index (χ0v) is 19.1. The molecule has 1 fully saturated rings. The highest BCUT2D eigenvalue weighted by Gasteiger charge is 2.28. The first-order valence-corrected chi connectivity index (χ1v) is 9.18. The number of ether oxygens (including phenoxy) is 2. The van der Waals surface area contributed by atoms with Gasteiger partial charge in [0.05, 0.1) is 19.3 Å². The molecule has 0 saturated carbocycles. The Morgan fingerprint density at radius 3 is 2.87 bits per heavy atom. The Kier molecular flexibility index (Phi) is 8.77. The summed E-state index contributed by atoms with van der Waals surface area (Å²) in [4.78, 5) is 6.41. The van der Waals surface area contributed by atoms with Gasteiger partial charge in [-0.05, 0) is 17.7 Å². The molecule has 7 nitrogen and oxygen atoms in total. The number of morpholine rings is 1. The van der Waals surface area contributed by atoms with E-state index < -0.39 is 12.8 Å². The zero-order chi connectivity index (χ0) is 20.9. The maximum Gasteiger partial charge on any atom is 0.422 e. The molecular formula is C19H25F3IN5O2. The highest BCUT2D eigenvalue weighted by molar-refractivity contribution is 14.0. The van der Waals surface area contributed by atoms with Gasteiger partial charge in [-0.2, -0.15) is 18.3 Å². The summed E-state index contributed by atoms with van der Waals surface area (Å²) < 4.78 is 49.4. The van der Waals surface area contributed by atoms with Crippen LogP contribution in [-0.4, -0.2) is 60.2 Å². The second-order valence-electron chi connectivity index (χ2n) is 6.70. The first kappa shape index (κ1) is 24.3. The van der Waals surface area contributed by atoms with Crippen molar-refractivity contribution in [3.8, 4) is 5.75 Å². The van der Waals surface area contributed by atoms with E-state index in [1.807, 2.05) is 19.3 Å². The summed E-state index contributed by atoms with van der Waals surface area (Å²) in [5.74, 6) is 0.878. The smallest absolute Gasteiger partial charge is 0.422 e. The summed E-state index contributed by atoms with van der Waals surface area (Å²) in [7, 11) is 3.55. The second-order valence-corrected chi connectivity index (χ2v) is 6.70. The normalized spacial score (nSPS) is 17.4. The quantitative estimate of drug-likeness (QED) is 0.360. The lowest BCUT2D eigenvalue weighted by atomic mass is 10.1. The van der Waals surface area contributed by atoms with E-state index in [2.05, 4.69) is 20.3 Å². The Bertz CT molecular complexity index is 844. The largest absolute Gasteiger partial charge is 0.484 e. The van der Waals surface area contributed by atoms with Gasteiger partial charge in [-0.15, -0.1) is 24.0 Å². The number of nitrogens with zero attached hydrogens (tertiary/aromatic N) is 4. The minimum atomic E-state index is -4.36. The van der Waals surface area contributed by atoms with E-state index >= 15 is 0 Å². The first-order valence-electron chi connectivity index (χ1n) is 9.18. The maximum absolute atomic E-state index is 12.3. The van der Waals surface area contributed by atoms with Crippen LogP contribution in [0.2, 0.25) is 0 Å². The fourth-order valence-electron chi connectivity index (χ4n) is 3.07. The first-order chi connectivity index (χ1) is 13.8. The van der Waals surface area contributed by atoms with Crippen molar-refractivity contribution in [1.82, 2.24) is 20.0 Å². The number of alkyl halides is 3. The van der Waals surface area contributed by atoms with Crippen molar-refractivity contribution in [2.45, 2.75) is 18.8 Å². The van der Waals surface area contributed by atoms with Gasteiger partial charge in [-0.3, -0.25) is 9.67 Å². The van der Waals surface area contributed by atoms with Crippen LogP contribution in [0.3, 0.4) is 0 Å². The number of nitrogens with one attached hydrogen (secondary N) is 1. The third-order valence-corrected chi connectivity index (χ3v) is 4.43. The van der Waals surface area contributed by atoms with Crippen molar-refractivity contribution in [3.05, 3.63) is 47.8 Å². The van der Waals surface area contributed by atoms with Crippen LogP contribution in [0.4, 0.5) is 13.2 Å². The third-order valence-electron chi connectivity index (χ3n) is 4.43. The van der Waals surface area contributed by atoms with Gasteiger partial charge in [0.25, 0.3) is 0 Å². The van der Waals surface area contributed by atoms with Crippen LogP contribution in [0, 0.1) is 0 Å². The Balaban J connectivity index is 0.00000320. The molecule has 0 spiro atoms. The van der Waals surface area contributed by atoms with Crippen molar-refractivity contribution in [3.63, 3.8) is 0 Å². The second kappa shape index (κ2) is 10.8. The molecule has 1 unspecified atom stereocenters. The molecule has 3 rings (SSSR count). The summed E-state index contributed by atoms with van der Waals surface area (Å²) in [6.45, 7) is 0.964. The molecule has 0 aliphatic carbocycles. The highest BCUT2D eigenvalue weighted by atomic mass is 127. The Morgan fingerprint density at radius 2 is 2.20 bits per heavy atom. The molecule has 0 bridgehead atoms. The molecule has 1 aromatic carbocycles. The van der Waals surface area contributed by atoms with Crippen LogP contribution in [0.5, 0.6) is 5.75 Å². The number of aryl methyl sites for hydroxylation is 1. The predicted octanol–water partition coefficient (Wildman–Crippen LogP) is 3.13. The zero-order valence-electron chi connectivity index (χ0n) is 16.7. The van der Waals surface area contributed by atoms with Gasteiger partial charge in [-0.1, -0.05) is 12.1 Å². The van der Waals surface area contributed by atoms with E-state index in [0.29, 0.717) is 32.2 Å². The SMILES string of the molecule is CN=C(NCc1cccc(OCC(F)(F)F)c1)N1CCOC(c2cnn(C)c2)C1.I. The Morgan fingerprint density at radius 1 is 1.40 bits per heavy atom. The molecular weight excluding hydrogens is 514 g/mol. The van der Waals surface area contributed by atoms with E-state index in [0.717, 1.165) is 11.1 Å². The van der Waals surface area contributed by atoms with Crippen molar-refractivity contribution in [2.75, 3.05) is 33.4 Å². The standard InChI is InChI=1S/C19H24F3N5O2.HI/c1-23-18(27-6-7-28-17(12-27)15-10-25-26(2)11-15)24-9-14-4-3-5-16(8-14)29-13-19(20,21)22;/h3-5,8,10-11,17H,6-7,9,12-13H2,1-2H3,(H,23,24);1H. The molecule has 166 valence electrons. The maximum atomic E-state index is 12.3. The number of benzene rings is 1. The van der Waals surface area contributed by atoms with E-state index in [-0.39, 0.29) is 35.8 Å². The van der Waals surface area contributed by atoms with E-state index in [4.69, 9.17) is 9.47 Å². The number of halogens is 4. The third kappa shape index (κ3) is 7.04. The summed E-state index contributed by atoms with van der Waals surface area (Å²) in [5, 5.41) is 7.44. The van der Waals surface area contributed by atoms with Gasteiger partial charge in [0.2, 0.25) is 0 Å². The lowest BCUT2D eigenvalue weighted by Gasteiger charge is -2.34. The fourth-order valence-corrected chi connectivity index (χ4v) is 3.07. The Labute approximate surface area is 190 Å². The van der Waals surface area contributed by atoms with Crippen LogP contribution >= 0.6 is 24.0 Å². The van der Waals surface area contributed by atoms with E-state index in [9.17, 15) is 13.2 Å². The molecule has 1 N–H and O–H groups in total. The van der Waals surface area contributed by atoms with Gasteiger partial charge in [-0.25, -0.2) is 0 Å². The van der Waals surface area contributed by atoms with Crippen molar-refractivity contribution in [2.24, 2.45) is 12.0 Å².